The molecule has 3 aromatic heterocycles. The van der Waals surface area contributed by atoms with E-state index in [4.69, 9.17) is 4.42 Å². The van der Waals surface area contributed by atoms with Crippen LogP contribution in [0.5, 0.6) is 0 Å². The van der Waals surface area contributed by atoms with Crippen LogP contribution in [-0.4, -0.2) is 20.9 Å². The molecule has 3 heterocycles. The summed E-state index contributed by atoms with van der Waals surface area (Å²) in [5.41, 5.74) is 3.80. The maximum Gasteiger partial charge on any atom is 0.295 e. The molecular weight excluding hydrogens is 384 g/mol. The minimum atomic E-state index is -0.480. The summed E-state index contributed by atoms with van der Waals surface area (Å²) in [5.74, 6) is -0.207. The third-order valence-electron chi connectivity index (χ3n) is 5.08. The van der Waals surface area contributed by atoms with Gasteiger partial charge in [-0.05, 0) is 48.2 Å². The summed E-state index contributed by atoms with van der Waals surface area (Å²) in [6, 6.07) is 8.89. The average molecular weight is 400 g/mol. The number of nitroso groups, excluding NO2 is 1. The van der Waals surface area contributed by atoms with Gasteiger partial charge in [0, 0.05) is 29.7 Å². The van der Waals surface area contributed by atoms with E-state index in [9.17, 15) is 9.70 Å². The van der Waals surface area contributed by atoms with Crippen LogP contribution in [0.1, 0.15) is 34.1 Å². The van der Waals surface area contributed by atoms with Crippen molar-refractivity contribution < 1.29 is 9.21 Å². The molecule has 9 nitrogen and oxygen atoms in total. The molecule has 2 N–H and O–H groups in total. The number of aromatic nitrogens is 3. The van der Waals surface area contributed by atoms with E-state index in [0.29, 0.717) is 17.7 Å². The molecule has 0 fully saturated rings. The van der Waals surface area contributed by atoms with Gasteiger partial charge in [0.25, 0.3) is 5.91 Å². The number of furan rings is 1. The van der Waals surface area contributed by atoms with E-state index in [1.54, 1.807) is 24.5 Å². The molecule has 0 saturated heterocycles. The van der Waals surface area contributed by atoms with Crippen LogP contribution < -0.4 is 10.6 Å². The van der Waals surface area contributed by atoms with Gasteiger partial charge in [0.2, 0.25) is 11.7 Å². The number of hydrogen-bond acceptors (Lipinski definition) is 8. The fraction of sp³-hybridized carbons (Fsp3) is 0.143. The highest BCUT2D eigenvalue weighted by Crippen LogP contribution is 2.38. The van der Waals surface area contributed by atoms with E-state index in [1.807, 2.05) is 18.2 Å². The van der Waals surface area contributed by atoms with Gasteiger partial charge in [-0.25, -0.2) is 9.97 Å². The van der Waals surface area contributed by atoms with Crippen LogP contribution in [0.3, 0.4) is 0 Å². The maximum absolute atomic E-state index is 12.9. The van der Waals surface area contributed by atoms with Gasteiger partial charge in [0.05, 0.1) is 11.9 Å². The Morgan fingerprint density at radius 3 is 2.87 bits per heavy atom. The number of carbonyl (C=O) groups is 1. The van der Waals surface area contributed by atoms with E-state index in [-0.39, 0.29) is 17.8 Å². The number of hydrogen-bond donors (Lipinski definition) is 2. The fourth-order valence-corrected chi connectivity index (χ4v) is 3.68. The molecule has 1 aromatic carbocycles. The van der Waals surface area contributed by atoms with Crippen LogP contribution in [0.4, 0.5) is 17.3 Å². The average Bonchev–Trinajstić information content (AvgIpc) is 3.36. The lowest BCUT2D eigenvalue weighted by Crippen LogP contribution is -2.14. The Morgan fingerprint density at radius 1 is 1.17 bits per heavy atom. The molecule has 1 unspecified atom stereocenters. The molecule has 1 aliphatic rings. The van der Waals surface area contributed by atoms with Gasteiger partial charge in [0.1, 0.15) is 6.04 Å². The van der Waals surface area contributed by atoms with Gasteiger partial charge in [-0.1, -0.05) is 11.2 Å². The smallest absolute Gasteiger partial charge is 0.295 e. The number of amides is 1. The highest BCUT2D eigenvalue weighted by molar-refractivity contribution is 6.11. The normalized spacial score (nSPS) is 15.0. The van der Waals surface area contributed by atoms with Gasteiger partial charge < -0.3 is 9.73 Å². The number of nitrogens with zero attached hydrogens (tertiary/aromatic N) is 4. The third-order valence-corrected chi connectivity index (χ3v) is 5.08. The molecule has 0 bridgehead atoms. The van der Waals surface area contributed by atoms with Gasteiger partial charge in [-0.3, -0.25) is 15.1 Å². The molecule has 9 heteroatoms. The van der Waals surface area contributed by atoms with Crippen molar-refractivity contribution in [1.29, 1.82) is 0 Å². The molecule has 1 atom stereocenters. The Hall–Kier alpha value is -4.14. The van der Waals surface area contributed by atoms with Crippen molar-refractivity contribution in [1.82, 2.24) is 15.0 Å². The zero-order valence-corrected chi connectivity index (χ0v) is 15.7. The first kappa shape index (κ1) is 17.9. The number of rotatable bonds is 5. The third kappa shape index (κ3) is 3.16. The molecule has 148 valence electrons. The lowest BCUT2D eigenvalue weighted by molar-refractivity contribution is 0.0999. The zero-order chi connectivity index (χ0) is 20.5. The highest BCUT2D eigenvalue weighted by atomic mass is 16.3. The number of nitrogens with one attached hydrogen (secondary N) is 2. The topological polar surface area (TPSA) is 122 Å². The van der Waals surface area contributed by atoms with Crippen molar-refractivity contribution in [2.75, 3.05) is 10.6 Å². The van der Waals surface area contributed by atoms with Crippen LogP contribution in [0, 0.1) is 4.91 Å². The number of pyridine rings is 1. The zero-order valence-electron chi connectivity index (χ0n) is 15.7. The van der Waals surface area contributed by atoms with Crippen molar-refractivity contribution in [3.8, 4) is 0 Å². The van der Waals surface area contributed by atoms with Gasteiger partial charge in [-0.2, -0.15) is 4.91 Å². The van der Waals surface area contributed by atoms with Gasteiger partial charge in [-0.15, -0.1) is 0 Å². The largest absolute Gasteiger partial charge is 0.447 e. The molecular formula is C21H16N6O3. The molecule has 0 radical (unpaired) electrons. The van der Waals surface area contributed by atoms with Crippen LogP contribution in [0.2, 0.25) is 0 Å². The first-order valence-electron chi connectivity index (χ1n) is 9.40. The van der Waals surface area contributed by atoms with E-state index in [2.05, 4.69) is 30.8 Å². The standard InChI is InChI=1S/C21H16N6O3/c28-20(26-21-23-7-1-8-24-21)19-18(15-6-9-22-11-17(15)30-19)25-13-3-4-14-12(10-13)2-5-16(14)27-29/h1,3-4,6-11,16,25H,2,5H2,(H,23,24,26,28). The Labute approximate surface area is 170 Å². The van der Waals surface area contributed by atoms with Crippen molar-refractivity contribution in [3.63, 3.8) is 0 Å². The Kier molecular flexibility index (Phi) is 4.40. The van der Waals surface area contributed by atoms with Crippen LogP contribution >= 0.6 is 0 Å². The SMILES string of the molecule is O=NC1CCc2cc(Nc3c(C(=O)Nc4ncccn4)oc4cnccc34)ccc21. The monoisotopic (exact) mass is 400 g/mol. The number of fused-ring (bicyclic) bond motifs is 2. The lowest BCUT2D eigenvalue weighted by atomic mass is 10.1. The van der Waals surface area contributed by atoms with E-state index < -0.39 is 5.91 Å². The first-order chi connectivity index (χ1) is 14.7. The Balaban J connectivity index is 1.51. The van der Waals surface area contributed by atoms with Crippen LogP contribution in [0.15, 0.2) is 64.7 Å². The number of anilines is 3. The van der Waals surface area contributed by atoms with Gasteiger partial charge in [0.15, 0.2) is 5.58 Å². The summed E-state index contributed by atoms with van der Waals surface area (Å²) in [5, 5.41) is 9.85. The molecule has 0 saturated carbocycles. The van der Waals surface area contributed by atoms with E-state index >= 15 is 0 Å². The second kappa shape index (κ2) is 7.36. The summed E-state index contributed by atoms with van der Waals surface area (Å²) in [4.78, 5) is 36.0. The predicted octanol–water partition coefficient (Wildman–Crippen LogP) is 4.37. The number of aryl methyl sites for hydroxylation is 1. The van der Waals surface area contributed by atoms with Crippen LogP contribution in [-0.2, 0) is 6.42 Å². The minimum absolute atomic E-state index is 0.0957. The lowest BCUT2D eigenvalue weighted by Gasteiger charge is -2.10. The fourth-order valence-electron chi connectivity index (χ4n) is 3.68. The molecule has 30 heavy (non-hydrogen) atoms. The Bertz CT molecular complexity index is 1250. The summed E-state index contributed by atoms with van der Waals surface area (Å²) in [6.45, 7) is 0. The number of benzene rings is 1. The molecule has 5 rings (SSSR count). The summed E-state index contributed by atoms with van der Waals surface area (Å²) in [6.07, 6.45) is 7.77. The van der Waals surface area contributed by atoms with Crippen molar-refractivity contribution in [2.45, 2.75) is 18.9 Å². The van der Waals surface area contributed by atoms with Gasteiger partial charge >= 0.3 is 0 Å². The summed E-state index contributed by atoms with van der Waals surface area (Å²) in [7, 11) is 0. The first-order valence-corrected chi connectivity index (χ1v) is 9.40. The van der Waals surface area contributed by atoms with Crippen LogP contribution in [0.25, 0.3) is 11.0 Å². The van der Waals surface area contributed by atoms with Crippen molar-refractivity contribution in [3.05, 3.63) is 76.9 Å². The second-order valence-electron chi connectivity index (χ2n) is 6.90. The Morgan fingerprint density at radius 2 is 2.03 bits per heavy atom. The predicted molar refractivity (Wildman–Crippen MR) is 111 cm³/mol. The molecule has 0 aliphatic heterocycles. The molecule has 0 spiro atoms. The molecule has 1 aliphatic carbocycles. The van der Waals surface area contributed by atoms with E-state index in [0.717, 1.165) is 28.6 Å². The molecule has 4 aromatic rings. The maximum atomic E-state index is 12.9. The van der Waals surface area contributed by atoms with Crippen molar-refractivity contribution in [2.24, 2.45) is 5.18 Å². The highest BCUT2D eigenvalue weighted by Gasteiger charge is 2.25. The molecule has 1 amide bonds. The second-order valence-corrected chi connectivity index (χ2v) is 6.90. The number of carbonyl (C=O) groups excluding carboxylic acids is 1. The summed E-state index contributed by atoms with van der Waals surface area (Å²) < 4.78 is 5.78. The quantitative estimate of drug-likeness (QED) is 0.477. The van der Waals surface area contributed by atoms with E-state index in [1.165, 1.54) is 12.4 Å². The minimum Gasteiger partial charge on any atom is -0.447 e. The summed E-state index contributed by atoms with van der Waals surface area (Å²) >= 11 is 0. The van der Waals surface area contributed by atoms with Crippen molar-refractivity contribution >= 4 is 34.2 Å².